The predicted molar refractivity (Wildman–Crippen MR) is 126 cm³/mol. The monoisotopic (exact) mass is 428 g/mol. The lowest BCUT2D eigenvalue weighted by Gasteiger charge is -2.11. The molecule has 2 fully saturated rings. The van der Waals surface area contributed by atoms with E-state index in [1.165, 1.54) is 18.4 Å². The van der Waals surface area contributed by atoms with Crippen LogP contribution in [0.4, 0.5) is 0 Å². The lowest BCUT2D eigenvalue weighted by atomic mass is 10.00. The van der Waals surface area contributed by atoms with Gasteiger partial charge in [-0.2, -0.15) is 5.10 Å². The molecule has 0 amide bonds. The first-order valence-electron chi connectivity index (χ1n) is 11.6. The number of rotatable bonds is 5. The molecule has 6 nitrogen and oxygen atoms in total. The zero-order valence-electron chi connectivity index (χ0n) is 18.6. The van der Waals surface area contributed by atoms with Gasteiger partial charge in [-0.1, -0.05) is 42.7 Å². The average molecular weight is 429 g/mol. The topological polar surface area (TPSA) is 57.3 Å². The molecule has 3 heterocycles. The summed E-state index contributed by atoms with van der Waals surface area (Å²) in [7, 11) is 1.88. The minimum absolute atomic E-state index is 0.0875. The molecule has 0 radical (unpaired) electrons. The van der Waals surface area contributed by atoms with Crippen molar-refractivity contribution in [1.29, 1.82) is 0 Å². The van der Waals surface area contributed by atoms with E-state index in [-0.39, 0.29) is 11.8 Å². The number of aromatic nitrogens is 4. The number of aryl methyl sites for hydroxylation is 2. The molecule has 2 aliphatic rings. The molecule has 1 unspecified atom stereocenters. The molecular formula is C26H28N4O2. The fourth-order valence-electron chi connectivity index (χ4n) is 5.16. The Hall–Kier alpha value is -3.12. The van der Waals surface area contributed by atoms with Gasteiger partial charge in [0.2, 0.25) is 0 Å². The van der Waals surface area contributed by atoms with Gasteiger partial charge in [0.15, 0.2) is 0 Å². The number of nitrogens with zero attached hydrogens (tertiary/aromatic N) is 4. The number of hydrogen-bond acceptors (Lipinski definition) is 3. The number of hydrogen-bond donors (Lipinski definition) is 0. The van der Waals surface area contributed by atoms with Crippen LogP contribution in [0.1, 0.15) is 37.3 Å². The van der Waals surface area contributed by atoms with Gasteiger partial charge in [-0.25, -0.2) is 4.79 Å². The maximum absolute atomic E-state index is 13.1. The Labute approximate surface area is 187 Å². The molecule has 32 heavy (non-hydrogen) atoms. The number of imidazole rings is 1. The van der Waals surface area contributed by atoms with Crippen molar-refractivity contribution in [2.75, 3.05) is 6.61 Å². The van der Waals surface area contributed by atoms with Crippen molar-refractivity contribution in [3.8, 4) is 22.4 Å². The largest absolute Gasteiger partial charge is 0.371 e. The van der Waals surface area contributed by atoms with Crippen molar-refractivity contribution < 1.29 is 4.74 Å². The van der Waals surface area contributed by atoms with Crippen LogP contribution in [-0.4, -0.2) is 31.6 Å². The first-order chi connectivity index (χ1) is 15.6. The summed E-state index contributed by atoms with van der Waals surface area (Å²) in [6, 6.07) is 15.2. The van der Waals surface area contributed by atoms with Crippen LogP contribution in [0.25, 0.3) is 33.4 Å². The fraction of sp³-hybridized carbons (Fsp3) is 0.385. The molecule has 1 saturated heterocycles. The molecule has 0 bridgehead atoms. The quantitative estimate of drug-likeness (QED) is 0.433. The minimum atomic E-state index is 0.0875. The molecule has 1 saturated carbocycles. The molecule has 4 aromatic rings. The van der Waals surface area contributed by atoms with Crippen LogP contribution in [0.5, 0.6) is 0 Å². The summed E-state index contributed by atoms with van der Waals surface area (Å²) in [5, 5.41) is 4.93. The highest BCUT2D eigenvalue weighted by molar-refractivity contribution is 5.87. The molecule has 1 atom stereocenters. The van der Waals surface area contributed by atoms with Crippen molar-refractivity contribution in [2.45, 2.75) is 51.3 Å². The van der Waals surface area contributed by atoms with E-state index in [1.807, 2.05) is 16.3 Å². The maximum Gasteiger partial charge on any atom is 0.329 e. The molecule has 2 aromatic heterocycles. The third kappa shape index (κ3) is 3.30. The van der Waals surface area contributed by atoms with E-state index < -0.39 is 0 Å². The van der Waals surface area contributed by atoms with Gasteiger partial charge in [0.05, 0.1) is 24.2 Å². The zero-order chi connectivity index (χ0) is 21.8. The molecular weight excluding hydrogens is 400 g/mol. The third-order valence-corrected chi connectivity index (χ3v) is 6.94. The van der Waals surface area contributed by atoms with Gasteiger partial charge in [-0.05, 0) is 43.5 Å². The highest BCUT2D eigenvalue weighted by Crippen LogP contribution is 2.35. The number of ether oxygens (including phenoxy) is 1. The second-order valence-corrected chi connectivity index (χ2v) is 9.29. The first-order valence-corrected chi connectivity index (χ1v) is 11.6. The highest BCUT2D eigenvalue weighted by atomic mass is 16.6. The van der Waals surface area contributed by atoms with Crippen LogP contribution in [-0.2, 0) is 18.3 Å². The van der Waals surface area contributed by atoms with Crippen LogP contribution in [0.3, 0.4) is 0 Å². The van der Waals surface area contributed by atoms with Gasteiger partial charge in [-0.15, -0.1) is 0 Å². The van der Waals surface area contributed by atoms with E-state index in [2.05, 4.69) is 55.6 Å². The van der Waals surface area contributed by atoms with Crippen LogP contribution in [0.2, 0.25) is 0 Å². The highest BCUT2D eigenvalue weighted by Gasteiger charge is 2.26. The van der Waals surface area contributed by atoms with E-state index in [0.717, 1.165) is 59.4 Å². The second kappa shape index (κ2) is 7.48. The first kappa shape index (κ1) is 19.6. The molecule has 0 N–H and O–H groups in total. The molecule has 0 spiro atoms. The van der Waals surface area contributed by atoms with E-state index in [4.69, 9.17) is 9.84 Å². The standard InChI is InChI=1S/C26H28N4O2/c1-17-6-5-7-19(12-17)25-22(15-29(27-25)14-21-16-32-21)18-10-11-23-24(13-18)28(2)26(31)30(23)20-8-3-4-9-20/h5-7,10-13,15,20-21H,3-4,8-9,14,16H2,1-2H3. The van der Waals surface area contributed by atoms with Gasteiger partial charge >= 0.3 is 5.69 Å². The summed E-state index contributed by atoms with van der Waals surface area (Å²) < 4.78 is 11.2. The molecule has 1 aliphatic heterocycles. The smallest absolute Gasteiger partial charge is 0.329 e. The number of fused-ring (bicyclic) bond motifs is 1. The number of epoxide rings is 1. The predicted octanol–water partition coefficient (Wildman–Crippen LogP) is 4.69. The summed E-state index contributed by atoms with van der Waals surface area (Å²) >= 11 is 0. The molecule has 164 valence electrons. The zero-order valence-corrected chi connectivity index (χ0v) is 18.6. The van der Waals surface area contributed by atoms with E-state index in [9.17, 15) is 4.79 Å². The van der Waals surface area contributed by atoms with E-state index in [0.29, 0.717) is 6.04 Å². The third-order valence-electron chi connectivity index (χ3n) is 6.94. The Balaban J connectivity index is 1.50. The van der Waals surface area contributed by atoms with Gasteiger partial charge in [0, 0.05) is 30.4 Å². The summed E-state index contributed by atoms with van der Waals surface area (Å²) in [5.41, 5.74) is 7.54. The van der Waals surface area contributed by atoms with Gasteiger partial charge in [0.1, 0.15) is 11.8 Å². The molecule has 1 aliphatic carbocycles. The molecule has 6 rings (SSSR count). The summed E-state index contributed by atoms with van der Waals surface area (Å²) in [6.45, 7) is 3.67. The Kier molecular flexibility index (Phi) is 4.57. The van der Waals surface area contributed by atoms with Crippen LogP contribution in [0, 0.1) is 6.92 Å². The molecule has 2 aromatic carbocycles. The summed E-state index contributed by atoms with van der Waals surface area (Å²) in [4.78, 5) is 13.1. The van der Waals surface area contributed by atoms with Gasteiger partial charge < -0.3 is 4.74 Å². The Morgan fingerprint density at radius 3 is 2.62 bits per heavy atom. The summed E-state index contributed by atoms with van der Waals surface area (Å²) in [5.74, 6) is 0. The van der Waals surface area contributed by atoms with E-state index >= 15 is 0 Å². The second-order valence-electron chi connectivity index (χ2n) is 9.29. The van der Waals surface area contributed by atoms with Crippen molar-refractivity contribution in [3.05, 3.63) is 64.7 Å². The summed E-state index contributed by atoms with van der Waals surface area (Å²) in [6.07, 6.45) is 6.97. The van der Waals surface area contributed by atoms with Crippen LogP contribution < -0.4 is 5.69 Å². The Morgan fingerprint density at radius 2 is 1.88 bits per heavy atom. The Morgan fingerprint density at radius 1 is 1.06 bits per heavy atom. The minimum Gasteiger partial charge on any atom is -0.371 e. The van der Waals surface area contributed by atoms with Crippen molar-refractivity contribution in [2.24, 2.45) is 7.05 Å². The van der Waals surface area contributed by atoms with Crippen molar-refractivity contribution >= 4 is 11.0 Å². The maximum atomic E-state index is 13.1. The molecule has 6 heteroatoms. The van der Waals surface area contributed by atoms with E-state index in [1.54, 1.807) is 4.57 Å². The van der Waals surface area contributed by atoms with Crippen LogP contribution in [0.15, 0.2) is 53.5 Å². The number of benzene rings is 2. The fourth-order valence-corrected chi connectivity index (χ4v) is 5.16. The van der Waals surface area contributed by atoms with Crippen molar-refractivity contribution in [1.82, 2.24) is 18.9 Å². The normalized spacial score (nSPS) is 18.6. The lowest BCUT2D eigenvalue weighted by molar-refractivity contribution is 0.374. The average Bonchev–Trinajstić information content (AvgIpc) is 3.18. The Bertz CT molecular complexity index is 1370. The van der Waals surface area contributed by atoms with Gasteiger partial charge in [-0.3, -0.25) is 13.8 Å². The SMILES string of the molecule is Cc1cccc(-c2nn(CC3CO3)cc2-c2ccc3c(c2)n(C)c(=O)n3C2CCCC2)c1. The lowest BCUT2D eigenvalue weighted by Crippen LogP contribution is -2.24. The van der Waals surface area contributed by atoms with Crippen molar-refractivity contribution in [3.63, 3.8) is 0 Å². The van der Waals surface area contributed by atoms with Crippen LogP contribution >= 0.6 is 0 Å². The van der Waals surface area contributed by atoms with Gasteiger partial charge in [0.25, 0.3) is 0 Å².